The van der Waals surface area contributed by atoms with Crippen molar-refractivity contribution in [1.29, 1.82) is 0 Å². The van der Waals surface area contributed by atoms with E-state index in [1.54, 1.807) is 11.8 Å². The standard InChI is InChI=1S/C18H28N2O3/c1-5-6-12-20(15(4)21)13-11-18(22)19-16-9-7-8-10-17(16)23-14(2)3/h7-10,14H,5-6,11-13H2,1-4H3,(H,19,22). The molecule has 0 fully saturated rings. The molecule has 0 atom stereocenters. The molecule has 0 spiro atoms. The highest BCUT2D eigenvalue weighted by molar-refractivity contribution is 5.92. The van der Waals surface area contributed by atoms with Gasteiger partial charge in [-0.2, -0.15) is 0 Å². The SMILES string of the molecule is CCCCN(CCC(=O)Nc1ccccc1OC(C)C)C(C)=O. The maximum absolute atomic E-state index is 12.1. The highest BCUT2D eigenvalue weighted by Gasteiger charge is 2.12. The Bertz CT molecular complexity index is 515. The van der Waals surface area contributed by atoms with Crippen molar-refractivity contribution in [2.45, 2.75) is 53.1 Å². The Morgan fingerprint density at radius 1 is 1.22 bits per heavy atom. The van der Waals surface area contributed by atoms with Gasteiger partial charge in [0.05, 0.1) is 11.8 Å². The van der Waals surface area contributed by atoms with E-state index in [4.69, 9.17) is 4.74 Å². The van der Waals surface area contributed by atoms with Gasteiger partial charge in [-0.05, 0) is 32.4 Å². The molecular formula is C18H28N2O3. The lowest BCUT2D eigenvalue weighted by molar-refractivity contribution is -0.129. The number of ether oxygens (including phenoxy) is 1. The fourth-order valence-corrected chi connectivity index (χ4v) is 2.15. The number of para-hydroxylation sites is 2. The molecular weight excluding hydrogens is 292 g/mol. The maximum Gasteiger partial charge on any atom is 0.226 e. The van der Waals surface area contributed by atoms with Crippen LogP contribution in [0.5, 0.6) is 5.75 Å². The Morgan fingerprint density at radius 3 is 2.52 bits per heavy atom. The molecule has 0 aliphatic rings. The summed E-state index contributed by atoms with van der Waals surface area (Å²) >= 11 is 0. The van der Waals surface area contributed by atoms with Crippen LogP contribution in [0, 0.1) is 0 Å². The van der Waals surface area contributed by atoms with E-state index >= 15 is 0 Å². The maximum atomic E-state index is 12.1. The summed E-state index contributed by atoms with van der Waals surface area (Å²) in [6, 6.07) is 7.37. The molecule has 2 amide bonds. The van der Waals surface area contributed by atoms with E-state index in [2.05, 4.69) is 12.2 Å². The Balaban J connectivity index is 2.58. The van der Waals surface area contributed by atoms with Crippen LogP contribution >= 0.6 is 0 Å². The monoisotopic (exact) mass is 320 g/mol. The van der Waals surface area contributed by atoms with E-state index in [-0.39, 0.29) is 24.3 Å². The van der Waals surface area contributed by atoms with Crippen LogP contribution < -0.4 is 10.1 Å². The Morgan fingerprint density at radius 2 is 1.91 bits per heavy atom. The summed E-state index contributed by atoms with van der Waals surface area (Å²) < 4.78 is 5.68. The van der Waals surface area contributed by atoms with Crippen molar-refractivity contribution in [2.75, 3.05) is 18.4 Å². The molecule has 0 unspecified atom stereocenters. The fourth-order valence-electron chi connectivity index (χ4n) is 2.15. The summed E-state index contributed by atoms with van der Waals surface area (Å²) in [6.45, 7) is 8.64. The van der Waals surface area contributed by atoms with Crippen molar-refractivity contribution in [1.82, 2.24) is 4.90 Å². The van der Waals surface area contributed by atoms with Crippen LogP contribution in [0.1, 0.15) is 47.0 Å². The van der Waals surface area contributed by atoms with Gasteiger partial charge in [0, 0.05) is 26.4 Å². The van der Waals surface area contributed by atoms with Gasteiger partial charge in [-0.25, -0.2) is 0 Å². The minimum atomic E-state index is -0.118. The molecule has 1 aromatic carbocycles. The molecule has 0 aliphatic heterocycles. The van der Waals surface area contributed by atoms with Crippen LogP contribution in [0.15, 0.2) is 24.3 Å². The first-order valence-corrected chi connectivity index (χ1v) is 8.25. The third-order valence-corrected chi connectivity index (χ3v) is 3.36. The lowest BCUT2D eigenvalue weighted by Crippen LogP contribution is -2.32. The molecule has 0 heterocycles. The van der Waals surface area contributed by atoms with Crippen LogP contribution in [0.4, 0.5) is 5.69 Å². The molecule has 0 aromatic heterocycles. The van der Waals surface area contributed by atoms with Gasteiger partial charge < -0.3 is 15.0 Å². The van der Waals surface area contributed by atoms with Crippen LogP contribution in [0.3, 0.4) is 0 Å². The number of rotatable bonds is 9. The van der Waals surface area contributed by atoms with E-state index in [0.717, 1.165) is 12.8 Å². The summed E-state index contributed by atoms with van der Waals surface area (Å²) in [5.41, 5.74) is 0.661. The molecule has 5 heteroatoms. The smallest absolute Gasteiger partial charge is 0.226 e. The third-order valence-electron chi connectivity index (χ3n) is 3.36. The largest absolute Gasteiger partial charge is 0.489 e. The van der Waals surface area contributed by atoms with Crippen LogP contribution in [0.25, 0.3) is 0 Å². The van der Waals surface area contributed by atoms with Gasteiger partial charge in [-0.15, -0.1) is 0 Å². The summed E-state index contributed by atoms with van der Waals surface area (Å²) in [5, 5.41) is 2.86. The minimum Gasteiger partial charge on any atom is -0.489 e. The first-order valence-electron chi connectivity index (χ1n) is 8.25. The van der Waals surface area contributed by atoms with Crippen LogP contribution in [0.2, 0.25) is 0 Å². The fraction of sp³-hybridized carbons (Fsp3) is 0.556. The number of carbonyl (C=O) groups is 2. The molecule has 5 nitrogen and oxygen atoms in total. The van der Waals surface area contributed by atoms with E-state index in [9.17, 15) is 9.59 Å². The van der Waals surface area contributed by atoms with E-state index in [0.29, 0.717) is 24.5 Å². The average Bonchev–Trinajstić information content (AvgIpc) is 2.48. The zero-order valence-corrected chi connectivity index (χ0v) is 14.6. The zero-order valence-electron chi connectivity index (χ0n) is 14.6. The van der Waals surface area contributed by atoms with Crippen molar-refractivity contribution in [3.05, 3.63) is 24.3 Å². The summed E-state index contributed by atoms with van der Waals surface area (Å²) in [5.74, 6) is 0.549. The second kappa shape index (κ2) is 9.87. The lowest BCUT2D eigenvalue weighted by Gasteiger charge is -2.20. The lowest BCUT2D eigenvalue weighted by atomic mass is 10.2. The molecule has 23 heavy (non-hydrogen) atoms. The van der Waals surface area contributed by atoms with Crippen LogP contribution in [-0.4, -0.2) is 35.9 Å². The van der Waals surface area contributed by atoms with Crippen LogP contribution in [-0.2, 0) is 9.59 Å². The first-order chi connectivity index (χ1) is 10.9. The zero-order chi connectivity index (χ0) is 17.2. The minimum absolute atomic E-state index is 0.00907. The number of unbranched alkanes of at least 4 members (excludes halogenated alkanes) is 1. The van der Waals surface area contributed by atoms with Gasteiger partial charge in [0.2, 0.25) is 11.8 Å². The number of carbonyl (C=O) groups excluding carboxylic acids is 2. The van der Waals surface area contributed by atoms with E-state index in [1.165, 1.54) is 0 Å². The normalized spacial score (nSPS) is 10.5. The molecule has 1 N–H and O–H groups in total. The van der Waals surface area contributed by atoms with E-state index < -0.39 is 0 Å². The molecule has 0 bridgehead atoms. The topological polar surface area (TPSA) is 58.6 Å². The molecule has 0 radical (unpaired) electrons. The number of nitrogens with zero attached hydrogens (tertiary/aromatic N) is 1. The molecule has 0 saturated carbocycles. The van der Waals surface area contributed by atoms with Crippen molar-refractivity contribution in [3.63, 3.8) is 0 Å². The number of amides is 2. The van der Waals surface area contributed by atoms with Gasteiger partial charge >= 0.3 is 0 Å². The number of anilines is 1. The van der Waals surface area contributed by atoms with Gasteiger partial charge in [-0.1, -0.05) is 25.5 Å². The van der Waals surface area contributed by atoms with E-state index in [1.807, 2.05) is 38.1 Å². The predicted octanol–water partition coefficient (Wildman–Crippen LogP) is 3.45. The second-order valence-corrected chi connectivity index (χ2v) is 5.82. The van der Waals surface area contributed by atoms with Gasteiger partial charge in [0.15, 0.2) is 0 Å². The average molecular weight is 320 g/mol. The number of hydrogen-bond donors (Lipinski definition) is 1. The molecule has 1 rings (SSSR count). The Hall–Kier alpha value is -2.04. The van der Waals surface area contributed by atoms with Gasteiger partial charge in [-0.3, -0.25) is 9.59 Å². The Labute approximate surface area is 139 Å². The number of nitrogens with one attached hydrogen (secondary N) is 1. The highest BCUT2D eigenvalue weighted by atomic mass is 16.5. The van der Waals surface area contributed by atoms with Crippen molar-refractivity contribution >= 4 is 17.5 Å². The summed E-state index contributed by atoms with van der Waals surface area (Å²) in [4.78, 5) is 25.4. The molecule has 0 saturated heterocycles. The molecule has 128 valence electrons. The van der Waals surface area contributed by atoms with Crippen molar-refractivity contribution < 1.29 is 14.3 Å². The summed E-state index contributed by atoms with van der Waals surface area (Å²) in [6.07, 6.45) is 2.29. The van der Waals surface area contributed by atoms with Crippen molar-refractivity contribution in [2.24, 2.45) is 0 Å². The predicted molar refractivity (Wildman–Crippen MR) is 92.6 cm³/mol. The molecule has 1 aromatic rings. The first kappa shape index (κ1) is 19.0. The Kier molecular flexibility index (Phi) is 8.16. The van der Waals surface area contributed by atoms with Crippen molar-refractivity contribution in [3.8, 4) is 5.75 Å². The second-order valence-electron chi connectivity index (χ2n) is 5.82. The number of benzene rings is 1. The summed E-state index contributed by atoms with van der Waals surface area (Å²) in [7, 11) is 0. The van der Waals surface area contributed by atoms with Gasteiger partial charge in [0.1, 0.15) is 5.75 Å². The number of hydrogen-bond acceptors (Lipinski definition) is 3. The third kappa shape index (κ3) is 7.17. The quantitative estimate of drug-likeness (QED) is 0.758. The van der Waals surface area contributed by atoms with Gasteiger partial charge in [0.25, 0.3) is 0 Å². The highest BCUT2D eigenvalue weighted by Crippen LogP contribution is 2.24. The molecule has 0 aliphatic carbocycles.